The van der Waals surface area contributed by atoms with Crippen LogP contribution in [0.15, 0.2) is 45.9 Å². The molecule has 0 bridgehead atoms. The van der Waals surface area contributed by atoms with Gasteiger partial charge in [0.2, 0.25) is 5.37 Å². The van der Waals surface area contributed by atoms with E-state index in [0.29, 0.717) is 17.9 Å². The molecule has 6 nitrogen and oxygen atoms in total. The number of furan rings is 1. The fraction of sp³-hybridized carbons (Fsp3) is 0.368. The van der Waals surface area contributed by atoms with E-state index in [1.54, 1.807) is 30.2 Å². The van der Waals surface area contributed by atoms with Crippen LogP contribution in [0.5, 0.6) is 0 Å². The number of hydrogen-bond acceptors (Lipinski definition) is 4. The average Bonchev–Trinajstić information content (AvgIpc) is 3.19. The fourth-order valence-electron chi connectivity index (χ4n) is 3.47. The van der Waals surface area contributed by atoms with E-state index in [1.165, 1.54) is 24.2 Å². The Morgan fingerprint density at radius 2 is 2.12 bits per heavy atom. The predicted molar refractivity (Wildman–Crippen MR) is 99.1 cm³/mol. The van der Waals surface area contributed by atoms with Crippen molar-refractivity contribution in [3.63, 3.8) is 0 Å². The van der Waals surface area contributed by atoms with Gasteiger partial charge in [0.15, 0.2) is 0 Å². The van der Waals surface area contributed by atoms with Gasteiger partial charge in [-0.05, 0) is 49.6 Å². The largest absolute Gasteiger partial charge is 0.467 e. The maximum atomic E-state index is 12.6. The van der Waals surface area contributed by atoms with Gasteiger partial charge in [-0.1, -0.05) is 11.8 Å². The third-order valence-corrected chi connectivity index (χ3v) is 6.25. The van der Waals surface area contributed by atoms with Gasteiger partial charge in [0.25, 0.3) is 11.8 Å². The van der Waals surface area contributed by atoms with Crippen LogP contribution in [0.4, 0.5) is 5.69 Å². The number of rotatable bonds is 4. The van der Waals surface area contributed by atoms with Gasteiger partial charge in [-0.2, -0.15) is 0 Å². The summed E-state index contributed by atoms with van der Waals surface area (Å²) in [5.74, 6) is 0.548. The highest BCUT2D eigenvalue weighted by Crippen LogP contribution is 2.34. The van der Waals surface area contributed by atoms with Crippen molar-refractivity contribution in [2.75, 3.05) is 18.4 Å². The number of anilines is 1. The van der Waals surface area contributed by atoms with Crippen molar-refractivity contribution in [2.24, 2.45) is 0 Å². The molecule has 3 heterocycles. The van der Waals surface area contributed by atoms with Crippen molar-refractivity contribution in [3.8, 4) is 0 Å². The summed E-state index contributed by atoms with van der Waals surface area (Å²) >= 11 is 1.61. The summed E-state index contributed by atoms with van der Waals surface area (Å²) in [4.78, 5) is 27.3. The number of piperidine rings is 1. The molecule has 0 saturated carbocycles. The second kappa shape index (κ2) is 7.55. The van der Waals surface area contributed by atoms with Crippen LogP contribution in [-0.2, 0) is 11.3 Å². The average molecular weight is 372 g/mol. The monoisotopic (exact) mass is 372 g/mol. The number of carbonyl (C=O) groups excluding carboxylic acids is 2. The lowest BCUT2D eigenvalue weighted by Crippen LogP contribution is -3.17. The molecule has 2 aliphatic rings. The highest BCUT2D eigenvalue weighted by molar-refractivity contribution is 8.00. The third-order valence-electron chi connectivity index (χ3n) is 4.85. The molecule has 1 aromatic heterocycles. The molecule has 1 unspecified atom stereocenters. The molecular formula is C19H22N3O3S+. The normalized spacial score (nSPS) is 20.3. The first kappa shape index (κ1) is 17.2. The number of benzene rings is 1. The van der Waals surface area contributed by atoms with Crippen LogP contribution in [0.2, 0.25) is 0 Å². The quantitative estimate of drug-likeness (QED) is 0.763. The Hall–Kier alpha value is -2.25. The van der Waals surface area contributed by atoms with Gasteiger partial charge in [-0.15, -0.1) is 0 Å². The van der Waals surface area contributed by atoms with Crippen molar-refractivity contribution >= 4 is 29.3 Å². The van der Waals surface area contributed by atoms with E-state index >= 15 is 0 Å². The Balaban J connectivity index is 1.45. The minimum atomic E-state index is -0.188. The molecule has 26 heavy (non-hydrogen) atoms. The summed E-state index contributed by atoms with van der Waals surface area (Å²) < 4.78 is 5.22. The van der Waals surface area contributed by atoms with Gasteiger partial charge in [0.05, 0.1) is 31.6 Å². The molecular weight excluding hydrogens is 350 g/mol. The molecule has 4 rings (SSSR count). The van der Waals surface area contributed by atoms with Crippen LogP contribution in [0.3, 0.4) is 0 Å². The Kier molecular flexibility index (Phi) is 4.99. The standard InChI is InChI=1S/C19H21N3O3S/c23-17(20-12-14-5-4-10-25-14)13-6-7-16-15(11-13)21-18(24)19(26-16)22-8-2-1-3-9-22/h4-7,10-11,19H,1-3,8-9,12H2,(H,20,23)(H,21,24)/p+1. The number of carbonyl (C=O) groups is 2. The molecule has 1 atom stereocenters. The van der Waals surface area contributed by atoms with Crippen LogP contribution >= 0.6 is 11.8 Å². The first-order chi connectivity index (χ1) is 12.7. The van der Waals surface area contributed by atoms with E-state index in [0.717, 1.165) is 23.7 Å². The molecule has 7 heteroatoms. The van der Waals surface area contributed by atoms with Crippen LogP contribution in [0, 0.1) is 0 Å². The summed E-state index contributed by atoms with van der Waals surface area (Å²) in [5.41, 5.74) is 1.25. The highest BCUT2D eigenvalue weighted by Gasteiger charge is 2.36. The first-order valence-electron chi connectivity index (χ1n) is 8.97. The molecule has 1 fully saturated rings. The van der Waals surface area contributed by atoms with Gasteiger partial charge >= 0.3 is 0 Å². The molecule has 3 N–H and O–H groups in total. The van der Waals surface area contributed by atoms with Gasteiger partial charge in [-0.3, -0.25) is 9.59 Å². The lowest BCUT2D eigenvalue weighted by molar-refractivity contribution is -0.906. The van der Waals surface area contributed by atoms with E-state index in [-0.39, 0.29) is 17.2 Å². The molecule has 0 aliphatic carbocycles. The molecule has 1 aromatic carbocycles. The summed E-state index contributed by atoms with van der Waals surface area (Å²) in [7, 11) is 0. The maximum absolute atomic E-state index is 12.6. The Bertz CT molecular complexity index is 800. The summed E-state index contributed by atoms with van der Waals surface area (Å²) in [6, 6.07) is 9.08. The van der Waals surface area contributed by atoms with Crippen molar-refractivity contribution < 1.29 is 18.9 Å². The van der Waals surface area contributed by atoms with E-state index in [9.17, 15) is 9.59 Å². The highest BCUT2D eigenvalue weighted by atomic mass is 32.2. The molecule has 2 aliphatic heterocycles. The molecule has 0 radical (unpaired) electrons. The second-order valence-electron chi connectivity index (χ2n) is 6.68. The van der Waals surface area contributed by atoms with Crippen molar-refractivity contribution in [2.45, 2.75) is 36.1 Å². The Morgan fingerprint density at radius 1 is 1.27 bits per heavy atom. The van der Waals surface area contributed by atoms with E-state index in [1.807, 2.05) is 18.2 Å². The number of fused-ring (bicyclic) bond motifs is 1. The number of likely N-dealkylation sites (tertiary alicyclic amines) is 1. The molecule has 2 amide bonds. The predicted octanol–water partition coefficient (Wildman–Crippen LogP) is 1.65. The maximum Gasteiger partial charge on any atom is 0.294 e. The van der Waals surface area contributed by atoms with Gasteiger partial charge in [-0.25, -0.2) is 0 Å². The van der Waals surface area contributed by atoms with Gasteiger partial charge in [0, 0.05) is 10.5 Å². The number of hydrogen-bond donors (Lipinski definition) is 3. The van der Waals surface area contributed by atoms with E-state index in [4.69, 9.17) is 4.42 Å². The minimum absolute atomic E-state index is 0.0348. The number of amides is 2. The number of thioether (sulfide) groups is 1. The van der Waals surface area contributed by atoms with E-state index < -0.39 is 0 Å². The number of nitrogens with one attached hydrogen (secondary N) is 3. The van der Waals surface area contributed by atoms with Crippen LogP contribution in [0.25, 0.3) is 0 Å². The zero-order valence-electron chi connectivity index (χ0n) is 14.4. The topological polar surface area (TPSA) is 75.8 Å². The van der Waals surface area contributed by atoms with E-state index in [2.05, 4.69) is 10.6 Å². The zero-order chi connectivity index (χ0) is 17.9. The molecule has 136 valence electrons. The van der Waals surface area contributed by atoms with Crippen LogP contribution in [0.1, 0.15) is 35.4 Å². The Labute approximate surface area is 156 Å². The summed E-state index contributed by atoms with van der Waals surface area (Å²) in [5, 5.41) is 5.72. The van der Waals surface area contributed by atoms with Crippen molar-refractivity contribution in [1.29, 1.82) is 0 Å². The zero-order valence-corrected chi connectivity index (χ0v) is 15.2. The van der Waals surface area contributed by atoms with Crippen LogP contribution < -0.4 is 15.5 Å². The van der Waals surface area contributed by atoms with Gasteiger partial charge < -0.3 is 20.0 Å². The number of quaternary nitrogens is 1. The third kappa shape index (κ3) is 3.64. The summed E-state index contributed by atoms with van der Waals surface area (Å²) in [6.07, 6.45) is 5.20. The van der Waals surface area contributed by atoms with Crippen molar-refractivity contribution in [1.82, 2.24) is 5.32 Å². The SMILES string of the molecule is O=C(NCc1ccco1)c1ccc2c(c1)NC(=O)C([NH+]1CCCCC1)S2. The summed E-state index contributed by atoms with van der Waals surface area (Å²) in [6.45, 7) is 2.44. The van der Waals surface area contributed by atoms with Crippen molar-refractivity contribution in [3.05, 3.63) is 47.9 Å². The molecule has 1 saturated heterocycles. The fourth-order valence-corrected chi connectivity index (χ4v) is 4.68. The first-order valence-corrected chi connectivity index (χ1v) is 9.85. The van der Waals surface area contributed by atoms with Crippen LogP contribution in [-0.4, -0.2) is 30.3 Å². The second-order valence-corrected chi connectivity index (χ2v) is 7.83. The lowest BCUT2D eigenvalue weighted by atomic mass is 10.1. The molecule has 2 aromatic rings. The lowest BCUT2D eigenvalue weighted by Gasteiger charge is -2.33. The minimum Gasteiger partial charge on any atom is -0.467 e. The molecule has 0 spiro atoms. The smallest absolute Gasteiger partial charge is 0.294 e. The van der Waals surface area contributed by atoms with Gasteiger partial charge in [0.1, 0.15) is 5.76 Å². The Morgan fingerprint density at radius 3 is 2.88 bits per heavy atom.